The molecule has 0 heterocycles. The third kappa shape index (κ3) is 3.41. The highest BCUT2D eigenvalue weighted by atomic mass is 16.3. The Kier molecular flexibility index (Phi) is 3.81. The predicted molar refractivity (Wildman–Crippen MR) is 121 cm³/mol. The molecule has 0 bridgehead atoms. The van der Waals surface area contributed by atoms with Gasteiger partial charge in [0.25, 0.3) is 0 Å². The van der Waals surface area contributed by atoms with Crippen LogP contribution in [0.25, 0.3) is 0 Å². The fourth-order valence-electron chi connectivity index (χ4n) is 8.39. The van der Waals surface area contributed by atoms with Crippen LogP contribution in [-0.2, 0) is 4.79 Å². The zero-order valence-corrected chi connectivity index (χ0v) is 19.0. The molecular formula is C27H46O3. The second-order valence-electron chi connectivity index (χ2n) is 11.3. The zero-order chi connectivity index (χ0) is 29.8. The Hall–Kier alpha value is -0.410. The summed E-state index contributed by atoms with van der Waals surface area (Å²) in [7, 11) is 0. The average Bonchev–Trinajstić information content (AvgIpc) is 3.14. The minimum absolute atomic E-state index is 0.00638. The Labute approximate surface area is 197 Å². The highest BCUT2D eigenvalue weighted by Gasteiger charge is 2.64. The van der Waals surface area contributed by atoms with Crippen molar-refractivity contribution in [1.82, 2.24) is 0 Å². The lowest BCUT2D eigenvalue weighted by Gasteiger charge is -2.64. The smallest absolute Gasteiger partial charge is 0.129 e. The number of hydrogen-bond donors (Lipinski definition) is 2. The Morgan fingerprint density at radius 2 is 1.83 bits per heavy atom. The summed E-state index contributed by atoms with van der Waals surface area (Å²) >= 11 is 0. The molecule has 172 valence electrons. The first-order valence-electron chi connectivity index (χ1n) is 16.4. The van der Waals surface area contributed by atoms with Gasteiger partial charge in [0.15, 0.2) is 0 Å². The molecule has 0 saturated heterocycles. The number of ketones is 1. The van der Waals surface area contributed by atoms with E-state index in [4.69, 9.17) is 9.60 Å². The van der Waals surface area contributed by atoms with Crippen LogP contribution in [0.2, 0.25) is 0 Å². The van der Waals surface area contributed by atoms with Gasteiger partial charge in [0.2, 0.25) is 0 Å². The Morgan fingerprint density at radius 1 is 1.13 bits per heavy atom. The van der Waals surface area contributed by atoms with Crippen LogP contribution in [0.5, 0.6) is 0 Å². The molecular weight excluding hydrogens is 372 g/mol. The molecule has 0 aromatic carbocycles. The number of carbonyl (C=O) groups is 1. The molecule has 4 fully saturated rings. The zero-order valence-electron chi connectivity index (χ0n) is 28.0. The average molecular weight is 428 g/mol. The van der Waals surface area contributed by atoms with Crippen LogP contribution in [0, 0.1) is 52.2 Å². The molecule has 0 amide bonds. The van der Waals surface area contributed by atoms with Crippen LogP contribution in [0.15, 0.2) is 0 Å². The molecule has 0 aromatic heterocycles. The maximum Gasteiger partial charge on any atom is 0.129 e. The van der Waals surface area contributed by atoms with Gasteiger partial charge in [0, 0.05) is 17.3 Å². The lowest BCUT2D eigenvalue weighted by Crippen LogP contribution is -2.62. The van der Waals surface area contributed by atoms with Crippen molar-refractivity contribution in [2.45, 2.75) is 111 Å². The van der Waals surface area contributed by atoms with E-state index in [1.807, 2.05) is 13.8 Å². The summed E-state index contributed by atoms with van der Waals surface area (Å²) in [6, 6.07) is 0. The Bertz CT molecular complexity index is 984. The number of aliphatic hydroxyl groups excluding tert-OH is 1. The Morgan fingerprint density at radius 3 is 2.53 bits per heavy atom. The van der Waals surface area contributed by atoms with E-state index in [9.17, 15) is 17.7 Å². The number of aliphatic hydroxyl groups is 2. The van der Waals surface area contributed by atoms with Crippen LogP contribution in [-0.4, -0.2) is 28.2 Å². The first-order chi connectivity index (χ1) is 17.5. The van der Waals surface area contributed by atoms with Gasteiger partial charge in [-0.25, -0.2) is 0 Å². The summed E-state index contributed by atoms with van der Waals surface area (Å²) in [5.74, 6) is -5.75. The van der Waals surface area contributed by atoms with Gasteiger partial charge in [-0.1, -0.05) is 34.0 Å². The van der Waals surface area contributed by atoms with Crippen LogP contribution in [0.1, 0.15) is 111 Å². The molecule has 0 unspecified atom stereocenters. The second kappa shape index (κ2) is 8.18. The number of Topliss-reactive ketones (excluding diaryl/α,β-unsaturated/α-hetero) is 1. The van der Waals surface area contributed by atoms with Gasteiger partial charge in [-0.3, -0.25) is 0 Å². The van der Waals surface area contributed by atoms with Gasteiger partial charge in [-0.15, -0.1) is 0 Å². The fraction of sp³-hybridized carbons (Fsp3) is 0.963. The SMILES string of the molecule is [2H]C([2H])(C[C@@H](C)[C@H]1CC[C@H]2[C@H]3[C@H](CC[C@]12C)[C@@]1(C)CC[C@@H](O)C[C@H]1[C@]([2H])(C([2H])([2H])C([2H])([2H])[2H])[C@@]3([2H])O)C(C)=O. The number of hydrogen-bond acceptors (Lipinski definition) is 3. The molecule has 4 aliphatic rings. The van der Waals surface area contributed by atoms with Gasteiger partial charge in [-0.05, 0) is 111 Å². The maximum atomic E-state index is 12.2. The minimum Gasteiger partial charge on any atom is -0.393 e. The highest BCUT2D eigenvalue weighted by molar-refractivity contribution is 5.75. The molecule has 4 rings (SSSR count). The van der Waals surface area contributed by atoms with Gasteiger partial charge >= 0.3 is 0 Å². The van der Waals surface area contributed by atoms with Crippen molar-refractivity contribution in [3.05, 3.63) is 0 Å². The largest absolute Gasteiger partial charge is 0.393 e. The van der Waals surface area contributed by atoms with Crippen molar-refractivity contribution >= 4 is 5.78 Å². The van der Waals surface area contributed by atoms with Crippen LogP contribution < -0.4 is 0 Å². The normalized spacial score (nSPS) is 62.3. The summed E-state index contributed by atoms with van der Waals surface area (Å²) < 4.78 is 77.1. The van der Waals surface area contributed by atoms with Crippen molar-refractivity contribution in [3.63, 3.8) is 0 Å². The topological polar surface area (TPSA) is 57.5 Å². The van der Waals surface area contributed by atoms with Gasteiger partial charge < -0.3 is 15.0 Å². The lowest BCUT2D eigenvalue weighted by atomic mass is 9.41. The first kappa shape index (κ1) is 14.0. The molecule has 4 aliphatic carbocycles. The number of carbonyl (C=O) groups excluding carboxylic acids is 1. The first-order valence-corrected chi connectivity index (χ1v) is 11.9. The summed E-state index contributed by atoms with van der Waals surface area (Å²) in [6.45, 7) is 3.98. The van der Waals surface area contributed by atoms with Gasteiger partial charge in [0.05, 0.1) is 13.6 Å². The highest BCUT2D eigenvalue weighted by Crippen LogP contribution is 2.69. The van der Waals surface area contributed by atoms with Gasteiger partial charge in [-0.2, -0.15) is 0 Å². The molecule has 2 N–H and O–H groups in total. The van der Waals surface area contributed by atoms with Gasteiger partial charge in [0.1, 0.15) is 5.78 Å². The van der Waals surface area contributed by atoms with E-state index in [-0.39, 0.29) is 36.5 Å². The molecule has 11 atom stereocenters. The van der Waals surface area contributed by atoms with Crippen molar-refractivity contribution in [1.29, 1.82) is 0 Å². The van der Waals surface area contributed by atoms with Crippen molar-refractivity contribution in [2.75, 3.05) is 0 Å². The van der Waals surface area contributed by atoms with E-state index in [1.54, 1.807) is 0 Å². The maximum absolute atomic E-state index is 12.2. The van der Waals surface area contributed by atoms with E-state index in [1.165, 1.54) is 6.92 Å². The number of rotatable bonds is 5. The molecule has 0 aromatic rings. The van der Waals surface area contributed by atoms with E-state index in [2.05, 4.69) is 6.92 Å². The third-order valence-electron chi connectivity index (χ3n) is 9.95. The summed E-state index contributed by atoms with van der Waals surface area (Å²) in [5.41, 5.74) is -1.16. The summed E-state index contributed by atoms with van der Waals surface area (Å²) in [4.78, 5) is 11.9. The second-order valence-corrected chi connectivity index (χ2v) is 11.3. The van der Waals surface area contributed by atoms with Crippen LogP contribution >= 0.6 is 0 Å². The summed E-state index contributed by atoms with van der Waals surface area (Å²) in [6.07, 6.45) is -5.10. The lowest BCUT2D eigenvalue weighted by molar-refractivity contribution is -0.203. The van der Waals surface area contributed by atoms with Crippen molar-refractivity contribution in [3.8, 4) is 0 Å². The molecule has 3 heteroatoms. The quantitative estimate of drug-likeness (QED) is 0.599. The summed E-state index contributed by atoms with van der Waals surface area (Å²) in [5, 5.41) is 22.8. The van der Waals surface area contributed by atoms with E-state index >= 15 is 0 Å². The Balaban J connectivity index is 1.82. The van der Waals surface area contributed by atoms with Crippen molar-refractivity contribution in [2.24, 2.45) is 52.2 Å². The van der Waals surface area contributed by atoms with Crippen LogP contribution in [0.4, 0.5) is 0 Å². The minimum atomic E-state index is -3.26. The molecule has 0 spiro atoms. The van der Waals surface area contributed by atoms with E-state index in [0.29, 0.717) is 32.1 Å². The van der Waals surface area contributed by atoms with E-state index < -0.39 is 66.1 Å². The fourth-order valence-corrected chi connectivity index (χ4v) is 8.39. The van der Waals surface area contributed by atoms with Crippen molar-refractivity contribution < 1.29 is 27.3 Å². The molecule has 4 saturated carbocycles. The van der Waals surface area contributed by atoms with Crippen LogP contribution in [0.3, 0.4) is 0 Å². The molecule has 0 radical (unpaired) electrons. The monoisotopic (exact) mass is 427 g/mol. The number of fused-ring (bicyclic) bond motifs is 5. The third-order valence-corrected chi connectivity index (χ3v) is 9.95. The molecule has 0 aliphatic heterocycles. The molecule has 30 heavy (non-hydrogen) atoms. The van der Waals surface area contributed by atoms with E-state index in [0.717, 1.165) is 6.42 Å². The predicted octanol–water partition coefficient (Wildman–Crippen LogP) is 5.62. The standard InChI is InChI=1S/C27H46O3/c1-6-19-23-15-18(29)11-13-27(23,5)22-12-14-26(4)20(16(2)7-8-17(3)28)9-10-21(26)24(22)25(19)30/h16,18-25,29-30H,6-15H2,1-5H3/t16-,18-,19+,20-,21+,22+,23+,24+,25-,26-,27-/m1/s1/i1D3,6D2,8D2,19D,25D. The molecule has 3 nitrogen and oxygen atoms in total.